The molecule has 2 unspecified atom stereocenters. The van der Waals surface area contributed by atoms with Crippen molar-refractivity contribution in [3.05, 3.63) is 35.4 Å². The van der Waals surface area contributed by atoms with Crippen molar-refractivity contribution in [3.63, 3.8) is 0 Å². The summed E-state index contributed by atoms with van der Waals surface area (Å²) in [6, 6.07) is 9.67. The maximum absolute atomic E-state index is 3.84. The second kappa shape index (κ2) is 8.74. The van der Waals surface area contributed by atoms with Gasteiger partial charge in [0.15, 0.2) is 0 Å². The van der Waals surface area contributed by atoms with Crippen LogP contribution in [0.3, 0.4) is 0 Å². The summed E-state index contributed by atoms with van der Waals surface area (Å²) in [4.78, 5) is 0. The zero-order valence-electron chi connectivity index (χ0n) is 13.0. The molecule has 0 heterocycles. The Morgan fingerprint density at radius 3 is 2.90 bits per heavy atom. The first kappa shape index (κ1) is 15.9. The fourth-order valence-corrected chi connectivity index (χ4v) is 4.07. The van der Waals surface area contributed by atoms with Crippen molar-refractivity contribution in [1.82, 2.24) is 5.32 Å². The molecule has 1 N–H and O–H groups in total. The van der Waals surface area contributed by atoms with Crippen LogP contribution in [0, 0.1) is 5.92 Å². The van der Waals surface area contributed by atoms with E-state index in [2.05, 4.69) is 55.2 Å². The Bertz CT molecular complexity index is 391. The average Bonchev–Trinajstić information content (AvgIpc) is 2.65. The van der Waals surface area contributed by atoms with Gasteiger partial charge in [0.05, 0.1) is 0 Å². The predicted molar refractivity (Wildman–Crippen MR) is 91.5 cm³/mol. The van der Waals surface area contributed by atoms with Crippen molar-refractivity contribution in [1.29, 1.82) is 0 Å². The number of thioether (sulfide) groups is 1. The Morgan fingerprint density at radius 1 is 1.25 bits per heavy atom. The van der Waals surface area contributed by atoms with E-state index in [1.54, 1.807) is 11.1 Å². The average molecular weight is 292 g/mol. The summed E-state index contributed by atoms with van der Waals surface area (Å²) in [6.07, 6.45) is 6.56. The van der Waals surface area contributed by atoms with E-state index >= 15 is 0 Å². The van der Waals surface area contributed by atoms with E-state index in [1.165, 1.54) is 43.6 Å². The lowest BCUT2D eigenvalue weighted by atomic mass is 9.88. The van der Waals surface area contributed by atoms with Crippen LogP contribution in [-0.2, 0) is 6.42 Å². The molecule has 1 aromatic carbocycles. The Hall–Kier alpha value is -0.470. The molecule has 20 heavy (non-hydrogen) atoms. The van der Waals surface area contributed by atoms with E-state index in [0.29, 0.717) is 6.04 Å². The molecule has 0 amide bonds. The van der Waals surface area contributed by atoms with Crippen molar-refractivity contribution >= 4 is 11.8 Å². The fraction of sp³-hybridized carbons (Fsp3) is 0.667. The number of rotatable bonds is 7. The first-order chi connectivity index (χ1) is 9.86. The number of aryl methyl sites for hydroxylation is 1. The van der Waals surface area contributed by atoms with Gasteiger partial charge < -0.3 is 5.32 Å². The summed E-state index contributed by atoms with van der Waals surface area (Å²) < 4.78 is 0. The summed E-state index contributed by atoms with van der Waals surface area (Å²) in [5, 5.41) is 3.84. The van der Waals surface area contributed by atoms with Crippen LogP contribution < -0.4 is 5.32 Å². The van der Waals surface area contributed by atoms with Crippen LogP contribution in [0.4, 0.5) is 0 Å². The van der Waals surface area contributed by atoms with Crippen molar-refractivity contribution in [3.8, 4) is 0 Å². The first-order valence-electron chi connectivity index (χ1n) is 8.25. The Labute approximate surface area is 128 Å². The number of hydrogen-bond donors (Lipinski definition) is 1. The monoisotopic (exact) mass is 291 g/mol. The number of nitrogens with one attached hydrogen (secondary N) is 1. The Balaban J connectivity index is 2.13. The van der Waals surface area contributed by atoms with Gasteiger partial charge in [-0.05, 0) is 67.2 Å². The topological polar surface area (TPSA) is 12.0 Å². The standard InChI is InChI=1S/C18H29NS/c1-3-13-19-18-16(12-14-20-4-2)10-7-9-15-8-5-6-11-17(15)18/h5-6,8,11,16,18-19H,3-4,7,9-10,12-14H2,1-2H3. The predicted octanol–water partition coefficient (Wildman–Crippen LogP) is 4.82. The molecule has 0 saturated carbocycles. The zero-order chi connectivity index (χ0) is 14.2. The summed E-state index contributed by atoms with van der Waals surface area (Å²) >= 11 is 2.09. The fourth-order valence-electron chi connectivity index (χ4n) is 3.31. The molecule has 0 bridgehead atoms. The van der Waals surface area contributed by atoms with E-state index in [1.807, 2.05) is 0 Å². The maximum Gasteiger partial charge on any atom is 0.0351 e. The summed E-state index contributed by atoms with van der Waals surface area (Å²) in [5.41, 5.74) is 3.15. The van der Waals surface area contributed by atoms with Crippen molar-refractivity contribution < 1.29 is 0 Å². The van der Waals surface area contributed by atoms with Gasteiger partial charge in [-0.15, -0.1) is 0 Å². The number of fused-ring (bicyclic) bond motifs is 1. The summed E-state index contributed by atoms with van der Waals surface area (Å²) in [7, 11) is 0. The minimum Gasteiger partial charge on any atom is -0.310 e. The highest BCUT2D eigenvalue weighted by atomic mass is 32.2. The molecule has 2 heteroatoms. The molecule has 2 rings (SSSR count). The third-order valence-corrected chi connectivity index (χ3v) is 5.27. The minimum absolute atomic E-state index is 0.575. The van der Waals surface area contributed by atoms with E-state index in [4.69, 9.17) is 0 Å². The molecule has 1 aliphatic rings. The van der Waals surface area contributed by atoms with Crippen LogP contribution in [0.5, 0.6) is 0 Å². The number of benzene rings is 1. The summed E-state index contributed by atoms with van der Waals surface area (Å²) in [5.74, 6) is 3.37. The lowest BCUT2D eigenvalue weighted by Crippen LogP contribution is -2.29. The highest BCUT2D eigenvalue weighted by Gasteiger charge is 2.26. The van der Waals surface area contributed by atoms with E-state index in [0.717, 1.165) is 12.5 Å². The van der Waals surface area contributed by atoms with Gasteiger partial charge in [0.1, 0.15) is 0 Å². The molecule has 112 valence electrons. The lowest BCUT2D eigenvalue weighted by Gasteiger charge is -2.28. The third-order valence-electron chi connectivity index (χ3n) is 4.33. The van der Waals surface area contributed by atoms with Crippen LogP contribution in [0.15, 0.2) is 24.3 Å². The van der Waals surface area contributed by atoms with E-state index in [-0.39, 0.29) is 0 Å². The van der Waals surface area contributed by atoms with Gasteiger partial charge in [-0.25, -0.2) is 0 Å². The quantitative estimate of drug-likeness (QED) is 0.571. The first-order valence-corrected chi connectivity index (χ1v) is 9.41. The van der Waals surface area contributed by atoms with Crippen molar-refractivity contribution in [2.24, 2.45) is 5.92 Å². The van der Waals surface area contributed by atoms with E-state index in [9.17, 15) is 0 Å². The lowest BCUT2D eigenvalue weighted by molar-refractivity contribution is 0.336. The molecule has 0 aromatic heterocycles. The van der Waals surface area contributed by atoms with Crippen LogP contribution >= 0.6 is 11.8 Å². The minimum atomic E-state index is 0.575. The molecule has 1 aliphatic carbocycles. The van der Waals surface area contributed by atoms with Gasteiger partial charge in [0.25, 0.3) is 0 Å². The van der Waals surface area contributed by atoms with Crippen LogP contribution in [0.25, 0.3) is 0 Å². The van der Waals surface area contributed by atoms with Crippen LogP contribution in [-0.4, -0.2) is 18.1 Å². The van der Waals surface area contributed by atoms with Gasteiger partial charge in [-0.3, -0.25) is 0 Å². The largest absolute Gasteiger partial charge is 0.310 e. The molecular formula is C18H29NS. The van der Waals surface area contributed by atoms with Crippen molar-refractivity contribution in [2.75, 3.05) is 18.1 Å². The normalized spacial score (nSPS) is 22.3. The second-order valence-corrected chi connectivity index (χ2v) is 7.16. The molecule has 0 radical (unpaired) electrons. The third kappa shape index (κ3) is 4.26. The summed E-state index contributed by atoms with van der Waals surface area (Å²) in [6.45, 7) is 5.66. The molecular weight excluding hydrogens is 262 g/mol. The molecule has 0 fully saturated rings. The van der Waals surface area contributed by atoms with Crippen LogP contribution in [0.2, 0.25) is 0 Å². The van der Waals surface area contributed by atoms with Gasteiger partial charge in [0.2, 0.25) is 0 Å². The van der Waals surface area contributed by atoms with Gasteiger partial charge >= 0.3 is 0 Å². The molecule has 1 nitrogen and oxygen atoms in total. The SMILES string of the molecule is CCCNC1c2ccccc2CCCC1CCSCC. The van der Waals surface area contributed by atoms with Gasteiger partial charge in [0, 0.05) is 6.04 Å². The van der Waals surface area contributed by atoms with E-state index < -0.39 is 0 Å². The molecule has 0 aliphatic heterocycles. The maximum atomic E-state index is 3.84. The smallest absolute Gasteiger partial charge is 0.0351 e. The molecule has 1 aromatic rings. The number of hydrogen-bond acceptors (Lipinski definition) is 2. The molecule has 2 atom stereocenters. The Kier molecular flexibility index (Phi) is 6.95. The van der Waals surface area contributed by atoms with Crippen molar-refractivity contribution in [2.45, 2.75) is 52.0 Å². The zero-order valence-corrected chi connectivity index (χ0v) is 13.8. The highest BCUT2D eigenvalue weighted by molar-refractivity contribution is 7.99. The second-order valence-electron chi connectivity index (χ2n) is 5.77. The Morgan fingerprint density at radius 2 is 2.10 bits per heavy atom. The highest BCUT2D eigenvalue weighted by Crippen LogP contribution is 2.35. The molecule has 0 spiro atoms. The van der Waals surface area contributed by atoms with Gasteiger partial charge in [-0.1, -0.05) is 38.1 Å². The van der Waals surface area contributed by atoms with Gasteiger partial charge in [-0.2, -0.15) is 11.8 Å². The van der Waals surface area contributed by atoms with Crippen LogP contribution in [0.1, 0.15) is 56.7 Å². The molecule has 0 saturated heterocycles.